The number of hydrogen-bond donors (Lipinski definition) is 1. The third-order valence-electron chi connectivity index (χ3n) is 3.36. The fourth-order valence-electron chi connectivity index (χ4n) is 2.39. The van der Waals surface area contributed by atoms with Gasteiger partial charge in [0.05, 0.1) is 0 Å². The lowest BCUT2D eigenvalue weighted by atomic mass is 10.2. The third-order valence-corrected chi connectivity index (χ3v) is 6.60. The highest BCUT2D eigenvalue weighted by molar-refractivity contribution is 7.89. The molecule has 2 aromatic rings. The first-order chi connectivity index (χ1) is 10.0. The summed E-state index contributed by atoms with van der Waals surface area (Å²) in [6.07, 6.45) is 4.36. The van der Waals surface area contributed by atoms with E-state index in [2.05, 4.69) is 0 Å². The van der Waals surface area contributed by atoms with Gasteiger partial charge >= 0.3 is 5.97 Å². The van der Waals surface area contributed by atoms with E-state index in [1.807, 2.05) is 6.08 Å². The number of nitrogens with zero attached hydrogens (tertiary/aromatic N) is 1. The summed E-state index contributed by atoms with van der Waals surface area (Å²) in [4.78, 5) is 11.2. The van der Waals surface area contributed by atoms with Crippen molar-refractivity contribution in [3.63, 3.8) is 0 Å². The van der Waals surface area contributed by atoms with Gasteiger partial charge in [-0.15, -0.1) is 11.3 Å². The van der Waals surface area contributed by atoms with Gasteiger partial charge in [-0.1, -0.05) is 30.4 Å². The van der Waals surface area contributed by atoms with Crippen LogP contribution in [0.15, 0.2) is 41.3 Å². The smallest absolute Gasteiger partial charge is 0.347 e. The molecule has 21 heavy (non-hydrogen) atoms. The summed E-state index contributed by atoms with van der Waals surface area (Å²) >= 11 is 0.999. The van der Waals surface area contributed by atoms with Gasteiger partial charge in [-0.3, -0.25) is 0 Å². The fraction of sp³-hybridized carbons (Fsp3) is 0.214. The lowest BCUT2D eigenvalue weighted by Gasteiger charge is -2.22. The van der Waals surface area contributed by atoms with Crippen LogP contribution in [0, 0.1) is 0 Å². The fourth-order valence-corrected chi connectivity index (χ4v) is 5.49. The van der Waals surface area contributed by atoms with E-state index in [0.29, 0.717) is 23.1 Å². The molecule has 0 amide bonds. The van der Waals surface area contributed by atoms with Gasteiger partial charge < -0.3 is 5.11 Å². The molecule has 0 aliphatic carbocycles. The molecule has 0 fully saturated rings. The summed E-state index contributed by atoms with van der Waals surface area (Å²) in [5, 5.41) is 9.82. The standard InChI is InChI=1S/C14H13NO4S2/c16-14(17)12-13(10-6-2-3-7-11(10)20-12)21(18,19)15-8-4-1-5-9-15/h1-4,6-7H,5,8-9H2,(H,16,17). The first-order valence-electron chi connectivity index (χ1n) is 6.42. The van der Waals surface area contributed by atoms with Crippen molar-refractivity contribution in [3.05, 3.63) is 41.3 Å². The van der Waals surface area contributed by atoms with E-state index in [9.17, 15) is 18.3 Å². The number of benzene rings is 1. The first kappa shape index (κ1) is 14.2. The molecule has 1 aliphatic rings. The number of carbonyl (C=O) groups is 1. The molecule has 0 spiro atoms. The predicted octanol–water partition coefficient (Wildman–Crippen LogP) is 2.55. The zero-order chi connectivity index (χ0) is 15.0. The minimum Gasteiger partial charge on any atom is -0.477 e. The summed E-state index contributed by atoms with van der Waals surface area (Å²) in [7, 11) is -3.81. The number of hydrogen-bond acceptors (Lipinski definition) is 4. The molecular weight excluding hydrogens is 310 g/mol. The lowest BCUT2D eigenvalue weighted by molar-refractivity contribution is 0.0698. The molecule has 1 aromatic carbocycles. The highest BCUT2D eigenvalue weighted by Crippen LogP contribution is 2.36. The molecule has 0 saturated heterocycles. The summed E-state index contributed by atoms with van der Waals surface area (Å²) in [5.74, 6) is -1.21. The van der Waals surface area contributed by atoms with E-state index in [0.717, 1.165) is 11.3 Å². The topological polar surface area (TPSA) is 74.7 Å². The maximum absolute atomic E-state index is 12.8. The Balaban J connectivity index is 2.25. The monoisotopic (exact) mass is 323 g/mol. The van der Waals surface area contributed by atoms with Gasteiger partial charge in [0.25, 0.3) is 0 Å². The molecule has 2 heterocycles. The maximum atomic E-state index is 12.8. The molecule has 0 radical (unpaired) electrons. The Kier molecular flexibility index (Phi) is 3.56. The third kappa shape index (κ3) is 2.37. The number of carboxylic acid groups (broad SMARTS) is 1. The lowest BCUT2D eigenvalue weighted by Crippen LogP contribution is -2.34. The summed E-state index contributed by atoms with van der Waals surface area (Å²) < 4.78 is 27.6. The number of aromatic carboxylic acids is 1. The van der Waals surface area contributed by atoms with E-state index in [1.165, 1.54) is 4.31 Å². The van der Waals surface area contributed by atoms with Crippen LogP contribution < -0.4 is 0 Å². The van der Waals surface area contributed by atoms with Crippen molar-refractivity contribution in [1.82, 2.24) is 4.31 Å². The van der Waals surface area contributed by atoms with Gasteiger partial charge in [0.2, 0.25) is 10.0 Å². The van der Waals surface area contributed by atoms with E-state index in [4.69, 9.17) is 0 Å². The summed E-state index contributed by atoms with van der Waals surface area (Å²) in [5.41, 5.74) is 0. The van der Waals surface area contributed by atoms with E-state index < -0.39 is 16.0 Å². The van der Waals surface area contributed by atoms with Crippen LogP contribution >= 0.6 is 11.3 Å². The van der Waals surface area contributed by atoms with Crippen molar-refractivity contribution in [3.8, 4) is 0 Å². The molecular formula is C14H13NO4S2. The van der Waals surface area contributed by atoms with Gasteiger partial charge in [-0.05, 0) is 12.5 Å². The van der Waals surface area contributed by atoms with Crippen LogP contribution in [0.25, 0.3) is 10.1 Å². The van der Waals surface area contributed by atoms with E-state index in [1.54, 1.807) is 30.3 Å². The van der Waals surface area contributed by atoms with Crippen LogP contribution in [0.5, 0.6) is 0 Å². The highest BCUT2D eigenvalue weighted by Gasteiger charge is 2.32. The van der Waals surface area contributed by atoms with Crippen LogP contribution in [-0.2, 0) is 10.0 Å². The molecule has 110 valence electrons. The van der Waals surface area contributed by atoms with Crippen LogP contribution in [0.2, 0.25) is 0 Å². The Labute approximate surface area is 126 Å². The van der Waals surface area contributed by atoms with Crippen molar-refractivity contribution in [2.24, 2.45) is 0 Å². The highest BCUT2D eigenvalue weighted by atomic mass is 32.2. The van der Waals surface area contributed by atoms with Crippen molar-refractivity contribution in [1.29, 1.82) is 0 Å². The largest absolute Gasteiger partial charge is 0.477 e. The maximum Gasteiger partial charge on any atom is 0.347 e. The van der Waals surface area contributed by atoms with Gasteiger partial charge in [-0.2, -0.15) is 4.31 Å². The molecule has 0 unspecified atom stereocenters. The quantitative estimate of drug-likeness (QED) is 0.881. The number of carboxylic acids is 1. The number of thiophene rings is 1. The van der Waals surface area contributed by atoms with Gasteiger partial charge in [0, 0.05) is 23.2 Å². The second kappa shape index (κ2) is 5.25. The van der Waals surface area contributed by atoms with Crippen LogP contribution in [0.1, 0.15) is 16.1 Å². The van der Waals surface area contributed by atoms with Crippen molar-refractivity contribution >= 4 is 37.4 Å². The van der Waals surface area contributed by atoms with Crippen LogP contribution in [0.4, 0.5) is 0 Å². The van der Waals surface area contributed by atoms with Crippen LogP contribution in [0.3, 0.4) is 0 Å². The van der Waals surface area contributed by atoms with Gasteiger partial charge in [0.1, 0.15) is 9.77 Å². The average molecular weight is 323 g/mol. The molecule has 1 N–H and O–H groups in total. The Morgan fingerprint density at radius 3 is 2.67 bits per heavy atom. The summed E-state index contributed by atoms with van der Waals surface area (Å²) in [6, 6.07) is 6.88. The molecule has 1 aromatic heterocycles. The Morgan fingerprint density at radius 2 is 2.00 bits per heavy atom. The summed E-state index contributed by atoms with van der Waals surface area (Å²) in [6.45, 7) is 0.660. The predicted molar refractivity (Wildman–Crippen MR) is 81.3 cm³/mol. The minimum absolute atomic E-state index is 0.0779. The van der Waals surface area contributed by atoms with Gasteiger partial charge in [-0.25, -0.2) is 13.2 Å². The zero-order valence-corrected chi connectivity index (χ0v) is 12.7. The molecule has 7 heteroatoms. The number of sulfonamides is 1. The first-order valence-corrected chi connectivity index (χ1v) is 8.67. The van der Waals surface area contributed by atoms with Crippen molar-refractivity contribution in [2.45, 2.75) is 11.3 Å². The average Bonchev–Trinajstić information content (AvgIpc) is 2.88. The SMILES string of the molecule is O=C(O)c1sc2ccccc2c1S(=O)(=O)N1CC=CCC1. The molecule has 3 rings (SSSR count). The molecule has 0 bridgehead atoms. The van der Waals surface area contributed by atoms with Gasteiger partial charge in [0.15, 0.2) is 0 Å². The van der Waals surface area contributed by atoms with Crippen molar-refractivity contribution in [2.75, 3.05) is 13.1 Å². The molecule has 5 nitrogen and oxygen atoms in total. The van der Waals surface area contributed by atoms with Crippen LogP contribution in [-0.4, -0.2) is 36.9 Å². The Bertz CT molecular complexity index is 836. The number of fused-ring (bicyclic) bond motifs is 1. The second-order valence-corrected chi connectivity index (χ2v) is 7.61. The normalized spacial score (nSPS) is 16.4. The zero-order valence-electron chi connectivity index (χ0n) is 11.0. The Morgan fingerprint density at radius 1 is 1.24 bits per heavy atom. The Hall–Kier alpha value is -1.70. The van der Waals surface area contributed by atoms with E-state index >= 15 is 0 Å². The molecule has 1 aliphatic heterocycles. The number of rotatable bonds is 3. The molecule has 0 saturated carbocycles. The van der Waals surface area contributed by atoms with Crippen molar-refractivity contribution < 1.29 is 18.3 Å². The second-order valence-electron chi connectivity index (χ2n) is 4.68. The van der Waals surface area contributed by atoms with E-state index in [-0.39, 0.29) is 16.3 Å². The molecule has 0 atom stereocenters. The minimum atomic E-state index is -3.81.